The summed E-state index contributed by atoms with van der Waals surface area (Å²) in [4.78, 5) is 15.6. The molecule has 1 heterocycles. The number of hydrogen-bond acceptors (Lipinski definition) is 2. The third kappa shape index (κ3) is 2.94. The van der Waals surface area contributed by atoms with Crippen molar-refractivity contribution in [2.24, 2.45) is 0 Å². The van der Waals surface area contributed by atoms with Gasteiger partial charge in [-0.2, -0.15) is 0 Å². The van der Waals surface area contributed by atoms with E-state index in [9.17, 15) is 9.18 Å². The minimum Gasteiger partial charge on any atom is -0.292 e. The van der Waals surface area contributed by atoms with E-state index in [1.807, 2.05) is 0 Å². The second-order valence-electron chi connectivity index (χ2n) is 3.67. The highest BCUT2D eigenvalue weighted by molar-refractivity contribution is 9.10. The first-order chi connectivity index (χ1) is 8.58. The molecule has 0 aliphatic heterocycles. The molecule has 0 spiro atoms. The maximum Gasteiger partial charge on any atom is 0.188 e. The number of nitrogens with zero attached hydrogens (tertiary/aromatic N) is 1. The number of rotatable bonds is 3. The summed E-state index contributed by atoms with van der Waals surface area (Å²) < 4.78 is 14.2. The topological polar surface area (TPSA) is 30.0 Å². The molecule has 0 unspecified atom stereocenters. The zero-order valence-electron chi connectivity index (χ0n) is 9.16. The summed E-state index contributed by atoms with van der Waals surface area (Å²) in [6.45, 7) is 0. The van der Waals surface area contributed by atoms with E-state index in [1.165, 1.54) is 18.3 Å². The van der Waals surface area contributed by atoms with Gasteiger partial charge in [0.05, 0.1) is 0 Å². The van der Waals surface area contributed by atoms with Crippen molar-refractivity contribution in [1.82, 2.24) is 4.98 Å². The van der Waals surface area contributed by atoms with Gasteiger partial charge in [-0.3, -0.25) is 9.78 Å². The van der Waals surface area contributed by atoms with Gasteiger partial charge < -0.3 is 0 Å². The van der Waals surface area contributed by atoms with Gasteiger partial charge >= 0.3 is 0 Å². The lowest BCUT2D eigenvalue weighted by Gasteiger charge is -2.04. The fraction of sp³-hybridized carbons (Fsp3) is 0.0769. The van der Waals surface area contributed by atoms with Crippen molar-refractivity contribution in [1.29, 1.82) is 0 Å². The molecule has 0 saturated carbocycles. The van der Waals surface area contributed by atoms with E-state index in [1.54, 1.807) is 18.2 Å². The van der Waals surface area contributed by atoms with Crippen LogP contribution in [0.3, 0.4) is 0 Å². The molecule has 0 fully saturated rings. The van der Waals surface area contributed by atoms with Crippen LogP contribution in [-0.4, -0.2) is 10.8 Å². The van der Waals surface area contributed by atoms with Crippen LogP contribution in [0.25, 0.3) is 0 Å². The minimum absolute atomic E-state index is 0.0278. The van der Waals surface area contributed by atoms with E-state index in [0.29, 0.717) is 10.6 Å². The standard InChI is InChI=1S/C13H8BrClFNO/c14-9-4-3-8(10(15)7-9)6-12(18)13-11(16)2-1-5-17-13/h1-5,7H,6H2. The largest absolute Gasteiger partial charge is 0.292 e. The molecule has 0 aliphatic rings. The Kier molecular flexibility index (Phi) is 4.09. The van der Waals surface area contributed by atoms with Crippen LogP contribution in [0.2, 0.25) is 5.02 Å². The monoisotopic (exact) mass is 327 g/mol. The maximum atomic E-state index is 13.4. The molecule has 0 saturated heterocycles. The summed E-state index contributed by atoms with van der Waals surface area (Å²) >= 11 is 9.28. The average molecular weight is 329 g/mol. The van der Waals surface area contributed by atoms with Crippen LogP contribution in [0.5, 0.6) is 0 Å². The quantitative estimate of drug-likeness (QED) is 0.795. The number of pyridine rings is 1. The molecule has 5 heteroatoms. The van der Waals surface area contributed by atoms with Crippen molar-refractivity contribution in [3.05, 3.63) is 63.1 Å². The van der Waals surface area contributed by atoms with Crippen molar-refractivity contribution in [2.45, 2.75) is 6.42 Å². The number of hydrogen-bond donors (Lipinski definition) is 0. The van der Waals surface area contributed by atoms with E-state index in [0.717, 1.165) is 4.47 Å². The highest BCUT2D eigenvalue weighted by Gasteiger charge is 2.14. The van der Waals surface area contributed by atoms with Gasteiger partial charge in [-0.15, -0.1) is 0 Å². The molecule has 2 aromatic rings. The number of Topliss-reactive ketones (excluding diaryl/α,β-unsaturated/α-hetero) is 1. The Morgan fingerprint density at radius 1 is 1.39 bits per heavy atom. The van der Waals surface area contributed by atoms with Crippen molar-refractivity contribution in [3.8, 4) is 0 Å². The average Bonchev–Trinajstić information content (AvgIpc) is 2.33. The molecular weight excluding hydrogens is 321 g/mol. The van der Waals surface area contributed by atoms with Crippen molar-refractivity contribution < 1.29 is 9.18 Å². The molecule has 0 amide bonds. The molecule has 18 heavy (non-hydrogen) atoms. The van der Waals surface area contributed by atoms with E-state index >= 15 is 0 Å². The van der Waals surface area contributed by atoms with E-state index in [-0.39, 0.29) is 12.1 Å². The highest BCUT2D eigenvalue weighted by atomic mass is 79.9. The van der Waals surface area contributed by atoms with Crippen LogP contribution < -0.4 is 0 Å². The number of ketones is 1. The predicted molar refractivity (Wildman–Crippen MR) is 71.4 cm³/mol. The van der Waals surface area contributed by atoms with Gasteiger partial charge in [0.15, 0.2) is 11.6 Å². The third-order valence-corrected chi connectivity index (χ3v) is 3.23. The van der Waals surface area contributed by atoms with E-state index in [2.05, 4.69) is 20.9 Å². The Morgan fingerprint density at radius 2 is 2.17 bits per heavy atom. The summed E-state index contributed by atoms with van der Waals surface area (Å²) in [6.07, 6.45) is 1.42. The van der Waals surface area contributed by atoms with Gasteiger partial charge in [-0.05, 0) is 29.8 Å². The number of halogens is 3. The minimum atomic E-state index is -0.615. The fourth-order valence-corrected chi connectivity index (χ4v) is 2.25. The summed E-state index contributed by atoms with van der Waals surface area (Å²) in [5.74, 6) is -1.01. The van der Waals surface area contributed by atoms with Crippen LogP contribution in [-0.2, 0) is 6.42 Å². The molecule has 92 valence electrons. The summed E-state index contributed by atoms with van der Waals surface area (Å²) in [6, 6.07) is 7.86. The van der Waals surface area contributed by atoms with E-state index in [4.69, 9.17) is 11.6 Å². The Bertz CT molecular complexity index is 603. The zero-order valence-corrected chi connectivity index (χ0v) is 11.5. The summed E-state index contributed by atoms with van der Waals surface area (Å²) in [7, 11) is 0. The van der Waals surface area contributed by atoms with Crippen LogP contribution in [0.1, 0.15) is 16.1 Å². The second-order valence-corrected chi connectivity index (χ2v) is 4.99. The zero-order chi connectivity index (χ0) is 13.1. The van der Waals surface area contributed by atoms with Crippen LogP contribution in [0.4, 0.5) is 4.39 Å². The number of aromatic nitrogens is 1. The van der Waals surface area contributed by atoms with E-state index < -0.39 is 11.6 Å². The summed E-state index contributed by atoms with van der Waals surface area (Å²) in [5.41, 5.74) is 0.492. The van der Waals surface area contributed by atoms with Crippen molar-refractivity contribution in [3.63, 3.8) is 0 Å². The van der Waals surface area contributed by atoms with Gasteiger partial charge in [0.25, 0.3) is 0 Å². The van der Waals surface area contributed by atoms with Gasteiger partial charge in [-0.25, -0.2) is 4.39 Å². The fourth-order valence-electron chi connectivity index (χ4n) is 1.51. The Morgan fingerprint density at radius 3 is 2.83 bits per heavy atom. The van der Waals surface area contributed by atoms with Crippen LogP contribution in [0.15, 0.2) is 41.0 Å². The second kappa shape index (κ2) is 5.59. The molecule has 0 radical (unpaired) electrons. The molecule has 0 aliphatic carbocycles. The Labute approximate surface area is 117 Å². The molecule has 0 bridgehead atoms. The highest BCUT2D eigenvalue weighted by Crippen LogP contribution is 2.22. The Balaban J connectivity index is 2.24. The van der Waals surface area contributed by atoms with Crippen LogP contribution >= 0.6 is 27.5 Å². The first-order valence-corrected chi connectivity index (χ1v) is 6.32. The molecule has 1 aromatic carbocycles. The lowest BCUT2D eigenvalue weighted by molar-refractivity contribution is 0.0984. The Hall–Kier alpha value is -1.26. The van der Waals surface area contributed by atoms with Crippen LogP contribution in [0, 0.1) is 5.82 Å². The summed E-state index contributed by atoms with van der Waals surface area (Å²) in [5, 5.41) is 0.467. The molecule has 2 rings (SSSR count). The first-order valence-electron chi connectivity index (χ1n) is 5.15. The van der Waals surface area contributed by atoms with Crippen molar-refractivity contribution in [2.75, 3.05) is 0 Å². The SMILES string of the molecule is O=C(Cc1ccc(Br)cc1Cl)c1ncccc1F. The maximum absolute atomic E-state index is 13.4. The predicted octanol–water partition coefficient (Wildman–Crippen LogP) is 4.06. The lowest BCUT2D eigenvalue weighted by Crippen LogP contribution is -2.08. The number of carbonyl (C=O) groups excluding carboxylic acids is 1. The van der Waals surface area contributed by atoms with Gasteiger partial charge in [0, 0.05) is 22.1 Å². The van der Waals surface area contributed by atoms with Gasteiger partial charge in [0.2, 0.25) is 0 Å². The molecular formula is C13H8BrClFNO. The van der Waals surface area contributed by atoms with Gasteiger partial charge in [-0.1, -0.05) is 33.6 Å². The molecule has 0 atom stereocenters. The normalized spacial score (nSPS) is 10.4. The lowest BCUT2D eigenvalue weighted by atomic mass is 10.1. The molecule has 1 aromatic heterocycles. The van der Waals surface area contributed by atoms with Crippen molar-refractivity contribution >= 4 is 33.3 Å². The van der Waals surface area contributed by atoms with Gasteiger partial charge in [0.1, 0.15) is 5.69 Å². The smallest absolute Gasteiger partial charge is 0.188 e. The first kappa shape index (κ1) is 13.2. The third-order valence-electron chi connectivity index (χ3n) is 2.39. The number of carbonyl (C=O) groups is 1. The molecule has 0 N–H and O–H groups in total. The molecule has 2 nitrogen and oxygen atoms in total. The number of benzene rings is 1.